The van der Waals surface area contributed by atoms with E-state index in [1.807, 2.05) is 55.5 Å². The van der Waals surface area contributed by atoms with E-state index in [0.717, 1.165) is 24.2 Å². The van der Waals surface area contributed by atoms with Gasteiger partial charge in [-0.15, -0.1) is 0 Å². The first-order chi connectivity index (χ1) is 20.0. The van der Waals surface area contributed by atoms with Gasteiger partial charge in [-0.05, 0) is 48.4 Å². The van der Waals surface area contributed by atoms with Crippen molar-refractivity contribution in [1.29, 1.82) is 0 Å². The van der Waals surface area contributed by atoms with Crippen LogP contribution in [0.5, 0.6) is 11.5 Å². The quantitative estimate of drug-likeness (QED) is 0.268. The second-order valence-electron chi connectivity index (χ2n) is 10.1. The van der Waals surface area contributed by atoms with Crippen molar-refractivity contribution in [2.24, 2.45) is 0 Å². The van der Waals surface area contributed by atoms with Gasteiger partial charge in [0, 0.05) is 31.2 Å². The van der Waals surface area contributed by atoms with E-state index in [1.54, 1.807) is 23.1 Å². The average molecular weight is 575 g/mol. The van der Waals surface area contributed by atoms with E-state index >= 15 is 0 Å². The van der Waals surface area contributed by atoms with E-state index in [4.69, 9.17) is 30.2 Å². The zero-order valence-electron chi connectivity index (χ0n) is 22.8. The van der Waals surface area contributed by atoms with Crippen LogP contribution in [0.2, 0.25) is 5.02 Å². The number of halogens is 1. The third kappa shape index (κ3) is 5.55. The predicted octanol–water partition coefficient (Wildman–Crippen LogP) is 5.30. The Kier molecular flexibility index (Phi) is 7.96. The number of fused-ring (bicyclic) bond motifs is 2. The lowest BCUT2D eigenvalue weighted by Crippen LogP contribution is -2.42. The van der Waals surface area contributed by atoms with E-state index in [1.165, 1.54) is 0 Å². The van der Waals surface area contributed by atoms with Gasteiger partial charge in [-0.1, -0.05) is 48.0 Å². The summed E-state index contributed by atoms with van der Waals surface area (Å²) in [7, 11) is 0. The van der Waals surface area contributed by atoms with Crippen LogP contribution in [-0.4, -0.2) is 61.7 Å². The summed E-state index contributed by atoms with van der Waals surface area (Å²) in [4.78, 5) is 31.7. The van der Waals surface area contributed by atoms with Gasteiger partial charge in [-0.25, -0.2) is 0 Å². The Balaban J connectivity index is 1.40. The molecule has 6 rings (SSSR count). The molecule has 0 radical (unpaired) electrons. The number of amides is 1. The summed E-state index contributed by atoms with van der Waals surface area (Å²) in [5.41, 5.74) is 2.15. The molecule has 1 saturated heterocycles. The zero-order chi connectivity index (χ0) is 28.3. The summed E-state index contributed by atoms with van der Waals surface area (Å²) in [5, 5.41) is 0.769. The number of morpholine rings is 1. The van der Waals surface area contributed by atoms with Gasteiger partial charge in [0.15, 0.2) is 16.9 Å². The lowest BCUT2D eigenvalue weighted by molar-refractivity contribution is 0.0314. The number of ether oxygens (including phenoxy) is 3. The minimum Gasteiger partial charge on any atom is -0.490 e. The van der Waals surface area contributed by atoms with Gasteiger partial charge < -0.3 is 23.5 Å². The highest BCUT2D eigenvalue weighted by molar-refractivity contribution is 6.31. The third-order valence-corrected chi connectivity index (χ3v) is 7.74. The highest BCUT2D eigenvalue weighted by Crippen LogP contribution is 2.41. The highest BCUT2D eigenvalue weighted by atomic mass is 35.5. The first-order valence-electron chi connectivity index (χ1n) is 13.8. The van der Waals surface area contributed by atoms with Crippen LogP contribution in [0.25, 0.3) is 11.0 Å². The van der Waals surface area contributed by atoms with Crippen LogP contribution in [0.15, 0.2) is 75.9 Å². The first kappa shape index (κ1) is 27.3. The molecule has 0 spiro atoms. The monoisotopic (exact) mass is 574 g/mol. The number of carbonyl (C=O) groups excluding carboxylic acids is 1. The lowest BCUT2D eigenvalue weighted by Gasteiger charge is -2.31. The number of hydrogen-bond donors (Lipinski definition) is 0. The normalized spacial score (nSPS) is 17.2. The molecule has 1 amide bonds. The van der Waals surface area contributed by atoms with Crippen molar-refractivity contribution in [2.75, 3.05) is 46.0 Å². The Bertz CT molecular complexity index is 1620. The van der Waals surface area contributed by atoms with Crippen LogP contribution in [0.1, 0.15) is 40.2 Å². The minimum atomic E-state index is -0.652. The van der Waals surface area contributed by atoms with Crippen molar-refractivity contribution in [2.45, 2.75) is 19.6 Å². The Labute approximate surface area is 243 Å². The molecule has 3 heterocycles. The molecular weight excluding hydrogens is 544 g/mol. The van der Waals surface area contributed by atoms with Gasteiger partial charge in [-0.2, -0.15) is 0 Å². The van der Waals surface area contributed by atoms with E-state index in [2.05, 4.69) is 4.90 Å². The van der Waals surface area contributed by atoms with E-state index in [-0.39, 0.29) is 17.1 Å². The number of carbonyl (C=O) groups is 1. The minimum absolute atomic E-state index is 0.0687. The second-order valence-corrected chi connectivity index (χ2v) is 10.5. The molecule has 0 aliphatic carbocycles. The Hall–Kier alpha value is -3.85. The number of benzene rings is 3. The molecular formula is C32H31ClN2O6. The molecule has 4 aromatic rings. The molecule has 2 aliphatic rings. The average Bonchev–Trinajstić information content (AvgIpc) is 3.28. The molecule has 41 heavy (non-hydrogen) atoms. The Morgan fingerprint density at radius 3 is 2.51 bits per heavy atom. The molecule has 3 aromatic carbocycles. The van der Waals surface area contributed by atoms with Crippen LogP contribution >= 0.6 is 11.6 Å². The molecule has 0 saturated carbocycles. The van der Waals surface area contributed by atoms with Crippen LogP contribution in [0, 0.1) is 0 Å². The molecule has 212 valence electrons. The van der Waals surface area contributed by atoms with Crippen LogP contribution < -0.4 is 14.9 Å². The first-order valence-corrected chi connectivity index (χ1v) is 14.2. The fraction of sp³-hybridized carbons (Fsp3) is 0.312. The van der Waals surface area contributed by atoms with E-state index in [9.17, 15) is 9.59 Å². The maximum atomic E-state index is 13.9. The molecule has 1 fully saturated rings. The zero-order valence-corrected chi connectivity index (χ0v) is 23.6. The van der Waals surface area contributed by atoms with Gasteiger partial charge in [0.2, 0.25) is 5.76 Å². The van der Waals surface area contributed by atoms with Crippen molar-refractivity contribution in [1.82, 2.24) is 9.80 Å². The van der Waals surface area contributed by atoms with Gasteiger partial charge in [0.1, 0.15) is 12.2 Å². The summed E-state index contributed by atoms with van der Waals surface area (Å²) in [6.07, 6.45) is 0. The largest absolute Gasteiger partial charge is 0.490 e. The van der Waals surface area contributed by atoms with Crippen molar-refractivity contribution in [3.63, 3.8) is 0 Å². The predicted molar refractivity (Wildman–Crippen MR) is 156 cm³/mol. The second kappa shape index (κ2) is 11.9. The molecule has 0 N–H and O–H groups in total. The third-order valence-electron chi connectivity index (χ3n) is 7.51. The number of hydrogen-bond acceptors (Lipinski definition) is 7. The standard InChI is InChI=1S/C32H31ClN2O6/c1-2-39-27-18-22(8-10-26(27)40-20-21-6-4-3-5-7-21)29-28-30(36)24-19-23(33)9-11-25(24)41-31(28)32(37)35(29)13-12-34-14-16-38-17-15-34/h3-11,18-19,29H,2,12-17,20H2,1H3. The molecule has 1 atom stereocenters. The van der Waals surface area contributed by atoms with E-state index in [0.29, 0.717) is 72.6 Å². The summed E-state index contributed by atoms with van der Waals surface area (Å²) in [5.74, 6) is 0.887. The fourth-order valence-electron chi connectivity index (χ4n) is 5.46. The summed E-state index contributed by atoms with van der Waals surface area (Å²) in [6.45, 7) is 6.68. The van der Waals surface area contributed by atoms with Crippen LogP contribution in [-0.2, 0) is 11.3 Å². The van der Waals surface area contributed by atoms with Gasteiger partial charge >= 0.3 is 0 Å². The fourth-order valence-corrected chi connectivity index (χ4v) is 5.63. The summed E-state index contributed by atoms with van der Waals surface area (Å²) >= 11 is 6.23. The molecule has 1 unspecified atom stereocenters. The molecule has 9 heteroatoms. The SMILES string of the molecule is CCOc1cc(C2c3c(oc4ccc(Cl)cc4c3=O)C(=O)N2CCN2CCOCC2)ccc1OCc1ccccc1. The smallest absolute Gasteiger partial charge is 0.290 e. The highest BCUT2D eigenvalue weighted by Gasteiger charge is 2.43. The maximum absolute atomic E-state index is 13.9. The number of rotatable bonds is 9. The molecule has 8 nitrogen and oxygen atoms in total. The Morgan fingerprint density at radius 1 is 0.927 bits per heavy atom. The summed E-state index contributed by atoms with van der Waals surface area (Å²) < 4.78 is 23.7. The van der Waals surface area contributed by atoms with Crippen molar-refractivity contribution in [3.05, 3.63) is 104 Å². The summed E-state index contributed by atoms with van der Waals surface area (Å²) in [6, 6.07) is 19.7. The number of nitrogens with zero attached hydrogens (tertiary/aromatic N) is 2. The van der Waals surface area contributed by atoms with Gasteiger partial charge in [0.05, 0.1) is 36.8 Å². The topological polar surface area (TPSA) is 81.5 Å². The van der Waals surface area contributed by atoms with E-state index < -0.39 is 6.04 Å². The molecule has 1 aromatic heterocycles. The molecule has 0 bridgehead atoms. The van der Waals surface area contributed by atoms with Crippen molar-refractivity contribution in [3.8, 4) is 11.5 Å². The van der Waals surface area contributed by atoms with Crippen LogP contribution in [0.3, 0.4) is 0 Å². The van der Waals surface area contributed by atoms with Crippen molar-refractivity contribution < 1.29 is 23.4 Å². The van der Waals surface area contributed by atoms with Crippen molar-refractivity contribution >= 4 is 28.5 Å². The lowest BCUT2D eigenvalue weighted by atomic mass is 9.98. The van der Waals surface area contributed by atoms with Gasteiger partial charge in [-0.3, -0.25) is 14.5 Å². The molecule has 2 aliphatic heterocycles. The maximum Gasteiger partial charge on any atom is 0.290 e. The van der Waals surface area contributed by atoms with Gasteiger partial charge in [0.25, 0.3) is 5.91 Å². The van der Waals surface area contributed by atoms with Crippen LogP contribution in [0.4, 0.5) is 0 Å². The Morgan fingerprint density at radius 2 is 1.73 bits per heavy atom.